The van der Waals surface area contributed by atoms with Crippen LogP contribution in [0, 0.1) is 6.92 Å². The van der Waals surface area contributed by atoms with Gasteiger partial charge in [0.15, 0.2) is 5.15 Å². The molecule has 0 radical (unpaired) electrons. The molecule has 0 saturated carbocycles. The van der Waals surface area contributed by atoms with Crippen molar-refractivity contribution in [2.24, 2.45) is 0 Å². The highest BCUT2D eigenvalue weighted by molar-refractivity contribution is 6.30. The molecule has 0 amide bonds. The van der Waals surface area contributed by atoms with E-state index >= 15 is 0 Å². The predicted molar refractivity (Wildman–Crippen MR) is 56.3 cm³/mol. The highest BCUT2D eigenvalue weighted by Gasteiger charge is 2.10. The van der Waals surface area contributed by atoms with Crippen LogP contribution in [-0.2, 0) is 4.74 Å². The van der Waals surface area contributed by atoms with Gasteiger partial charge in [-0.3, -0.25) is 0 Å². The van der Waals surface area contributed by atoms with Crippen LogP contribution in [0.2, 0.25) is 5.15 Å². The molecule has 0 N–H and O–H groups in total. The van der Waals surface area contributed by atoms with Crippen molar-refractivity contribution >= 4 is 23.2 Å². The van der Waals surface area contributed by atoms with Crippen LogP contribution in [0.15, 0.2) is 18.3 Å². The van der Waals surface area contributed by atoms with E-state index in [2.05, 4.69) is 9.72 Å². The van der Waals surface area contributed by atoms with Gasteiger partial charge in [-0.2, -0.15) is 0 Å². The summed E-state index contributed by atoms with van der Waals surface area (Å²) < 4.78 is 6.43. The smallest absolute Gasteiger partial charge is 0.338 e. The molecule has 0 fully saturated rings. The molecule has 0 atom stereocenters. The summed E-state index contributed by atoms with van der Waals surface area (Å²) in [6.07, 6.45) is 1.75. The van der Waals surface area contributed by atoms with E-state index in [0.29, 0.717) is 16.4 Å². The largest absolute Gasteiger partial charge is 0.465 e. The van der Waals surface area contributed by atoms with E-state index in [1.807, 2.05) is 11.3 Å². The number of halogens is 1. The van der Waals surface area contributed by atoms with E-state index in [4.69, 9.17) is 11.6 Å². The first-order valence-electron chi connectivity index (χ1n) is 4.36. The van der Waals surface area contributed by atoms with Gasteiger partial charge in [0.1, 0.15) is 5.65 Å². The van der Waals surface area contributed by atoms with E-state index < -0.39 is 0 Å². The summed E-state index contributed by atoms with van der Waals surface area (Å²) in [4.78, 5) is 15.4. The maximum atomic E-state index is 11.3. The first-order valence-corrected chi connectivity index (χ1v) is 4.74. The number of carbonyl (C=O) groups excluding carboxylic acids is 1. The Morgan fingerprint density at radius 2 is 2.33 bits per heavy atom. The molecule has 2 heterocycles. The number of aryl methyl sites for hydroxylation is 1. The number of fused-ring (bicyclic) bond motifs is 1. The number of hydrogen-bond acceptors (Lipinski definition) is 3. The van der Waals surface area contributed by atoms with Crippen molar-refractivity contribution in [3.05, 3.63) is 34.7 Å². The number of nitrogens with zero attached hydrogens (tertiary/aromatic N) is 2. The maximum Gasteiger partial charge on any atom is 0.338 e. The Labute approximate surface area is 91.4 Å². The van der Waals surface area contributed by atoms with Crippen LogP contribution in [0.4, 0.5) is 0 Å². The van der Waals surface area contributed by atoms with Gasteiger partial charge >= 0.3 is 5.97 Å². The van der Waals surface area contributed by atoms with Gasteiger partial charge in [-0.1, -0.05) is 11.6 Å². The third-order valence-electron chi connectivity index (χ3n) is 2.23. The summed E-state index contributed by atoms with van der Waals surface area (Å²) in [5.74, 6) is -0.380. The molecule has 0 aliphatic carbocycles. The molecule has 0 aliphatic rings. The van der Waals surface area contributed by atoms with Crippen LogP contribution >= 0.6 is 11.6 Å². The quantitative estimate of drug-likeness (QED) is 0.697. The Bertz CT molecular complexity index is 533. The minimum absolute atomic E-state index is 0.380. The van der Waals surface area contributed by atoms with E-state index in [-0.39, 0.29) is 5.97 Å². The van der Waals surface area contributed by atoms with Gasteiger partial charge in [0.25, 0.3) is 0 Å². The number of aromatic nitrogens is 2. The normalized spacial score (nSPS) is 10.6. The molecule has 0 aromatic carbocycles. The van der Waals surface area contributed by atoms with Crippen LogP contribution in [-0.4, -0.2) is 22.5 Å². The summed E-state index contributed by atoms with van der Waals surface area (Å²) in [6, 6.07) is 3.31. The van der Waals surface area contributed by atoms with E-state index in [0.717, 1.165) is 5.69 Å². The highest BCUT2D eigenvalue weighted by Crippen LogP contribution is 2.17. The molecule has 78 valence electrons. The summed E-state index contributed by atoms with van der Waals surface area (Å²) in [6.45, 7) is 1.86. The Morgan fingerprint density at radius 1 is 1.60 bits per heavy atom. The molecule has 2 rings (SSSR count). The fourth-order valence-electron chi connectivity index (χ4n) is 1.38. The number of esters is 1. The standard InChI is InChI=1S/C10H9ClN2O2/c1-6-9(11)12-8-5-7(10(14)15-2)3-4-13(6)8/h3-5H,1-2H3. The molecular weight excluding hydrogens is 216 g/mol. The van der Waals surface area contributed by atoms with Gasteiger partial charge in [-0.15, -0.1) is 0 Å². The fourth-order valence-corrected chi connectivity index (χ4v) is 1.56. The zero-order valence-electron chi connectivity index (χ0n) is 8.32. The SMILES string of the molecule is COC(=O)c1ccn2c(C)c(Cl)nc2c1. The Morgan fingerprint density at radius 3 is 3.00 bits per heavy atom. The van der Waals surface area contributed by atoms with Crippen molar-refractivity contribution in [1.29, 1.82) is 0 Å². The van der Waals surface area contributed by atoms with Crippen molar-refractivity contribution < 1.29 is 9.53 Å². The van der Waals surface area contributed by atoms with Gasteiger partial charge in [-0.25, -0.2) is 9.78 Å². The van der Waals surface area contributed by atoms with Gasteiger partial charge in [0.05, 0.1) is 18.4 Å². The number of imidazole rings is 1. The second-order valence-corrected chi connectivity index (χ2v) is 3.48. The summed E-state index contributed by atoms with van der Waals surface area (Å²) in [7, 11) is 1.34. The number of carbonyl (C=O) groups is 1. The monoisotopic (exact) mass is 224 g/mol. The van der Waals surface area contributed by atoms with Crippen LogP contribution < -0.4 is 0 Å². The summed E-state index contributed by atoms with van der Waals surface area (Å²) in [5.41, 5.74) is 1.95. The average Bonchev–Trinajstić information content (AvgIpc) is 2.53. The maximum absolute atomic E-state index is 11.3. The first-order chi connectivity index (χ1) is 7.13. The molecule has 2 aromatic heterocycles. The second kappa shape index (κ2) is 3.55. The van der Waals surface area contributed by atoms with E-state index in [9.17, 15) is 4.79 Å². The van der Waals surface area contributed by atoms with Crippen molar-refractivity contribution in [2.45, 2.75) is 6.92 Å². The summed E-state index contributed by atoms with van der Waals surface area (Å²) in [5, 5.41) is 0.442. The third kappa shape index (κ3) is 1.57. The van der Waals surface area contributed by atoms with Crippen molar-refractivity contribution in [1.82, 2.24) is 9.38 Å². The van der Waals surface area contributed by atoms with Gasteiger partial charge in [0.2, 0.25) is 0 Å². The Kier molecular flexibility index (Phi) is 2.36. The Hall–Kier alpha value is -1.55. The van der Waals surface area contributed by atoms with Gasteiger partial charge < -0.3 is 9.14 Å². The highest BCUT2D eigenvalue weighted by atomic mass is 35.5. The average molecular weight is 225 g/mol. The molecule has 2 aromatic rings. The fraction of sp³-hybridized carbons (Fsp3) is 0.200. The van der Waals surface area contributed by atoms with Crippen molar-refractivity contribution in [3.8, 4) is 0 Å². The second-order valence-electron chi connectivity index (χ2n) is 3.12. The lowest BCUT2D eigenvalue weighted by Crippen LogP contribution is -2.02. The third-order valence-corrected chi connectivity index (χ3v) is 2.59. The molecule has 5 heteroatoms. The molecule has 0 bridgehead atoms. The predicted octanol–water partition coefficient (Wildman–Crippen LogP) is 2.08. The van der Waals surface area contributed by atoms with Crippen molar-refractivity contribution in [2.75, 3.05) is 7.11 Å². The number of pyridine rings is 1. The molecule has 4 nitrogen and oxygen atoms in total. The molecule has 0 spiro atoms. The molecular formula is C10H9ClN2O2. The topological polar surface area (TPSA) is 43.6 Å². The van der Waals surface area contributed by atoms with E-state index in [1.54, 1.807) is 18.3 Å². The first kappa shape index (κ1) is 9.98. The lowest BCUT2D eigenvalue weighted by molar-refractivity contribution is 0.0600. The van der Waals surface area contributed by atoms with Crippen LogP contribution in [0.3, 0.4) is 0 Å². The minimum atomic E-state index is -0.380. The minimum Gasteiger partial charge on any atom is -0.465 e. The van der Waals surface area contributed by atoms with Crippen molar-refractivity contribution in [3.63, 3.8) is 0 Å². The number of hydrogen-bond donors (Lipinski definition) is 0. The Balaban J connectivity index is 2.62. The summed E-state index contributed by atoms with van der Waals surface area (Å²) >= 11 is 5.87. The molecule has 0 aliphatic heterocycles. The lowest BCUT2D eigenvalue weighted by Gasteiger charge is -2.00. The van der Waals surface area contributed by atoms with Gasteiger partial charge in [-0.05, 0) is 19.1 Å². The van der Waals surface area contributed by atoms with E-state index in [1.165, 1.54) is 7.11 Å². The van der Waals surface area contributed by atoms with Crippen LogP contribution in [0.5, 0.6) is 0 Å². The number of methoxy groups -OCH3 is 1. The van der Waals surface area contributed by atoms with Crippen LogP contribution in [0.25, 0.3) is 5.65 Å². The molecule has 15 heavy (non-hydrogen) atoms. The molecule has 0 saturated heterocycles. The number of rotatable bonds is 1. The zero-order chi connectivity index (χ0) is 11.0. The number of ether oxygens (including phenoxy) is 1. The van der Waals surface area contributed by atoms with Crippen LogP contribution in [0.1, 0.15) is 16.1 Å². The van der Waals surface area contributed by atoms with Gasteiger partial charge in [0, 0.05) is 6.20 Å². The lowest BCUT2D eigenvalue weighted by atomic mass is 10.3. The molecule has 0 unspecified atom stereocenters. The zero-order valence-corrected chi connectivity index (χ0v) is 9.08.